The standard InChI is InChI=1S/C18H20N4O4/c1-11(2)9-17(23)21-14-6-4-13(5-7-14)20-15-8-3-12(18(19)24)10-16(15)22(25)26/h3-8,10-11,20H,9H2,1-2H3,(H2,19,24)(H,21,23). The van der Waals surface area contributed by atoms with Crippen LogP contribution in [0, 0.1) is 16.0 Å². The number of rotatable bonds is 7. The Morgan fingerprint density at radius 1 is 1.12 bits per heavy atom. The first-order valence-electron chi connectivity index (χ1n) is 8.01. The Hall–Kier alpha value is -3.42. The molecule has 0 heterocycles. The zero-order chi connectivity index (χ0) is 19.3. The van der Waals surface area contributed by atoms with Gasteiger partial charge in [-0.05, 0) is 42.3 Å². The Balaban J connectivity index is 2.15. The van der Waals surface area contributed by atoms with Crippen LogP contribution in [0.2, 0.25) is 0 Å². The van der Waals surface area contributed by atoms with Crippen LogP contribution in [0.25, 0.3) is 0 Å². The number of nitro groups is 1. The predicted molar refractivity (Wildman–Crippen MR) is 99.4 cm³/mol. The highest BCUT2D eigenvalue weighted by Crippen LogP contribution is 2.29. The molecule has 136 valence electrons. The van der Waals surface area contributed by atoms with E-state index in [2.05, 4.69) is 10.6 Å². The van der Waals surface area contributed by atoms with Crippen molar-refractivity contribution in [2.75, 3.05) is 10.6 Å². The van der Waals surface area contributed by atoms with Crippen LogP contribution in [0.3, 0.4) is 0 Å². The molecule has 2 rings (SSSR count). The van der Waals surface area contributed by atoms with Crippen molar-refractivity contribution < 1.29 is 14.5 Å². The minimum atomic E-state index is -0.735. The van der Waals surface area contributed by atoms with Gasteiger partial charge in [0.1, 0.15) is 5.69 Å². The number of nitrogens with two attached hydrogens (primary N) is 1. The first kappa shape index (κ1) is 18.9. The normalized spacial score (nSPS) is 10.4. The summed E-state index contributed by atoms with van der Waals surface area (Å²) >= 11 is 0. The molecule has 0 aliphatic carbocycles. The summed E-state index contributed by atoms with van der Waals surface area (Å²) in [4.78, 5) is 33.6. The number of hydrogen-bond acceptors (Lipinski definition) is 5. The van der Waals surface area contributed by atoms with E-state index < -0.39 is 10.8 Å². The lowest BCUT2D eigenvalue weighted by molar-refractivity contribution is -0.383. The highest BCUT2D eigenvalue weighted by Gasteiger charge is 2.16. The summed E-state index contributed by atoms with van der Waals surface area (Å²) < 4.78 is 0. The number of carbonyl (C=O) groups excluding carboxylic acids is 2. The van der Waals surface area contributed by atoms with Gasteiger partial charge in [0.2, 0.25) is 11.8 Å². The maximum absolute atomic E-state index is 11.8. The second kappa shape index (κ2) is 8.11. The van der Waals surface area contributed by atoms with Crippen molar-refractivity contribution in [3.63, 3.8) is 0 Å². The third kappa shape index (κ3) is 5.04. The molecular formula is C18H20N4O4. The fraction of sp³-hybridized carbons (Fsp3) is 0.222. The van der Waals surface area contributed by atoms with Crippen LogP contribution in [0.5, 0.6) is 0 Å². The summed E-state index contributed by atoms with van der Waals surface area (Å²) in [5, 5.41) is 16.9. The van der Waals surface area contributed by atoms with Crippen LogP contribution in [0.4, 0.5) is 22.7 Å². The molecule has 0 fully saturated rings. The van der Waals surface area contributed by atoms with Gasteiger partial charge in [-0.15, -0.1) is 0 Å². The molecule has 0 radical (unpaired) electrons. The molecule has 0 aliphatic heterocycles. The van der Waals surface area contributed by atoms with E-state index in [-0.39, 0.29) is 28.8 Å². The molecule has 0 saturated heterocycles. The Morgan fingerprint density at radius 3 is 2.27 bits per heavy atom. The number of nitrogens with zero attached hydrogens (tertiary/aromatic N) is 1. The van der Waals surface area contributed by atoms with Gasteiger partial charge in [-0.2, -0.15) is 0 Å². The van der Waals surface area contributed by atoms with E-state index in [9.17, 15) is 19.7 Å². The zero-order valence-corrected chi connectivity index (χ0v) is 14.5. The number of benzene rings is 2. The minimum absolute atomic E-state index is 0.0606. The van der Waals surface area contributed by atoms with E-state index in [0.717, 1.165) is 6.07 Å². The van der Waals surface area contributed by atoms with Crippen LogP contribution in [-0.2, 0) is 4.79 Å². The van der Waals surface area contributed by atoms with Crippen molar-refractivity contribution in [1.29, 1.82) is 0 Å². The molecule has 26 heavy (non-hydrogen) atoms. The van der Waals surface area contributed by atoms with Gasteiger partial charge in [-0.25, -0.2) is 0 Å². The molecule has 0 aromatic heterocycles. The summed E-state index contributed by atoms with van der Waals surface area (Å²) in [7, 11) is 0. The van der Waals surface area contributed by atoms with E-state index in [4.69, 9.17) is 5.73 Å². The maximum atomic E-state index is 11.8. The van der Waals surface area contributed by atoms with Gasteiger partial charge in [0, 0.05) is 29.4 Å². The van der Waals surface area contributed by atoms with Crippen molar-refractivity contribution in [2.45, 2.75) is 20.3 Å². The number of hydrogen-bond donors (Lipinski definition) is 3. The molecule has 2 amide bonds. The number of anilines is 3. The van der Waals surface area contributed by atoms with Crippen LogP contribution >= 0.6 is 0 Å². The molecule has 0 atom stereocenters. The third-order valence-corrected chi connectivity index (χ3v) is 3.52. The Morgan fingerprint density at radius 2 is 1.73 bits per heavy atom. The average molecular weight is 356 g/mol. The van der Waals surface area contributed by atoms with Gasteiger partial charge in [-0.1, -0.05) is 13.8 Å². The molecule has 0 saturated carbocycles. The largest absolute Gasteiger partial charge is 0.366 e. The number of amides is 2. The van der Waals surface area contributed by atoms with Crippen molar-refractivity contribution >= 4 is 34.6 Å². The molecule has 2 aromatic carbocycles. The fourth-order valence-corrected chi connectivity index (χ4v) is 2.32. The number of nitrogens with one attached hydrogen (secondary N) is 2. The second-order valence-corrected chi connectivity index (χ2v) is 6.20. The van der Waals surface area contributed by atoms with E-state index in [1.807, 2.05) is 13.8 Å². The van der Waals surface area contributed by atoms with Crippen molar-refractivity contribution in [3.05, 3.63) is 58.1 Å². The van der Waals surface area contributed by atoms with Gasteiger partial charge in [0.15, 0.2) is 0 Å². The molecule has 4 N–H and O–H groups in total. The first-order chi connectivity index (χ1) is 12.3. The lowest BCUT2D eigenvalue weighted by atomic mass is 10.1. The van der Waals surface area contributed by atoms with Gasteiger partial charge in [0.25, 0.3) is 5.69 Å². The molecule has 8 heteroatoms. The molecular weight excluding hydrogens is 336 g/mol. The van der Waals surface area contributed by atoms with E-state index >= 15 is 0 Å². The van der Waals surface area contributed by atoms with Gasteiger partial charge < -0.3 is 16.4 Å². The quantitative estimate of drug-likeness (QED) is 0.517. The molecule has 8 nitrogen and oxygen atoms in total. The van der Waals surface area contributed by atoms with Crippen molar-refractivity contribution in [1.82, 2.24) is 0 Å². The summed E-state index contributed by atoms with van der Waals surface area (Å²) in [6.45, 7) is 3.92. The predicted octanol–water partition coefficient (Wildman–Crippen LogP) is 3.42. The summed E-state index contributed by atoms with van der Waals surface area (Å²) in [6, 6.07) is 10.8. The molecule has 0 aliphatic rings. The molecule has 0 unspecified atom stereocenters. The van der Waals surface area contributed by atoms with E-state index in [0.29, 0.717) is 17.8 Å². The number of primary amides is 1. The zero-order valence-electron chi connectivity index (χ0n) is 14.5. The second-order valence-electron chi connectivity index (χ2n) is 6.20. The smallest absolute Gasteiger partial charge is 0.293 e. The van der Waals surface area contributed by atoms with Crippen LogP contribution in [0.1, 0.15) is 30.6 Å². The molecule has 2 aromatic rings. The Bertz CT molecular complexity index is 832. The minimum Gasteiger partial charge on any atom is -0.366 e. The Labute approximate surface area is 150 Å². The first-order valence-corrected chi connectivity index (χ1v) is 8.01. The lowest BCUT2D eigenvalue weighted by Gasteiger charge is -2.10. The van der Waals surface area contributed by atoms with E-state index in [1.54, 1.807) is 24.3 Å². The summed E-state index contributed by atoms with van der Waals surface area (Å²) in [5.74, 6) is -0.542. The fourth-order valence-electron chi connectivity index (χ4n) is 2.32. The van der Waals surface area contributed by atoms with Gasteiger partial charge in [0.05, 0.1) is 4.92 Å². The van der Waals surface area contributed by atoms with Crippen LogP contribution in [0.15, 0.2) is 42.5 Å². The molecule has 0 bridgehead atoms. The average Bonchev–Trinajstić information content (AvgIpc) is 2.55. The van der Waals surface area contributed by atoms with Crippen LogP contribution < -0.4 is 16.4 Å². The topological polar surface area (TPSA) is 127 Å². The summed E-state index contributed by atoms with van der Waals surface area (Å²) in [5.41, 5.74) is 6.43. The van der Waals surface area contributed by atoms with Gasteiger partial charge >= 0.3 is 0 Å². The van der Waals surface area contributed by atoms with Crippen molar-refractivity contribution in [3.8, 4) is 0 Å². The monoisotopic (exact) mass is 356 g/mol. The highest BCUT2D eigenvalue weighted by atomic mass is 16.6. The summed E-state index contributed by atoms with van der Waals surface area (Å²) in [6.07, 6.45) is 0.429. The highest BCUT2D eigenvalue weighted by molar-refractivity contribution is 5.94. The number of carbonyl (C=O) groups is 2. The third-order valence-electron chi connectivity index (χ3n) is 3.52. The lowest BCUT2D eigenvalue weighted by Crippen LogP contribution is -2.13. The maximum Gasteiger partial charge on any atom is 0.293 e. The van der Waals surface area contributed by atoms with Crippen LogP contribution in [-0.4, -0.2) is 16.7 Å². The number of nitro benzene ring substituents is 1. The van der Waals surface area contributed by atoms with Crippen molar-refractivity contribution in [2.24, 2.45) is 11.7 Å². The Kier molecular flexibility index (Phi) is 5.90. The van der Waals surface area contributed by atoms with E-state index in [1.165, 1.54) is 12.1 Å². The SMILES string of the molecule is CC(C)CC(=O)Nc1ccc(Nc2ccc(C(N)=O)cc2[N+](=O)[O-])cc1. The van der Waals surface area contributed by atoms with Gasteiger partial charge in [-0.3, -0.25) is 19.7 Å². The molecule has 0 spiro atoms.